The fraction of sp³-hybridized carbons (Fsp3) is 0. The molecule has 0 bridgehead atoms. The molecule has 0 atom stereocenters. The van der Waals surface area contributed by atoms with Gasteiger partial charge in [-0.3, -0.25) is 0 Å². The average Bonchev–Trinajstić information content (AvgIpc) is 0.918. The minimum absolute atomic E-state index is 0. The molecule has 0 saturated heterocycles. The quantitative estimate of drug-likeness (QED) is 0.348. The summed E-state index contributed by atoms with van der Waals surface area (Å²) < 4.78 is 16.9. The molecular weight excluding hydrogens is 155 g/mol. The van der Waals surface area contributed by atoms with E-state index in [0.29, 0.717) is 0 Å². The molecule has 2 nitrogen and oxygen atoms in total. The molecule has 0 fully saturated rings. The molecule has 0 rings (SSSR count). The van der Waals surface area contributed by atoms with Crippen LogP contribution in [0.3, 0.4) is 0 Å². The topological polar surface area (TPSA) is 34.1 Å². The van der Waals surface area contributed by atoms with Crippen LogP contribution in [0.15, 0.2) is 0 Å². The van der Waals surface area contributed by atoms with Gasteiger partial charge >= 0.3 is 22.7 Å². The Balaban J connectivity index is -0.0000000200. The first-order valence-electron chi connectivity index (χ1n) is 0.333. The Morgan fingerprint density at radius 3 is 1.00 bits per heavy atom. The molecule has 0 heterocycles. The minimum atomic E-state index is -1.62. The van der Waals surface area contributed by atoms with Gasteiger partial charge in [0.15, 0.2) is 0 Å². The molecule has 0 aliphatic carbocycles. The molecule has 0 unspecified atom stereocenters. The fourth-order valence-electron chi connectivity index (χ4n) is 0. The second kappa shape index (κ2) is 22.1. The van der Waals surface area contributed by atoms with Crippen molar-refractivity contribution in [3.63, 3.8) is 0 Å². The van der Waals surface area contributed by atoms with Crippen LogP contribution in [0.2, 0.25) is 0 Å². The Kier molecular flexibility index (Phi) is 76.4. The van der Waals surface area contributed by atoms with E-state index in [2.05, 4.69) is 0 Å². The molecular formula is Cl2CrO2. The van der Waals surface area contributed by atoms with E-state index in [1.807, 2.05) is 0 Å². The van der Waals surface area contributed by atoms with E-state index in [-0.39, 0.29) is 24.8 Å². The van der Waals surface area contributed by atoms with Gasteiger partial charge in [0.25, 0.3) is 0 Å². The molecule has 0 spiro atoms. The molecule has 0 aliphatic heterocycles. The third kappa shape index (κ3) is 68.3. The van der Waals surface area contributed by atoms with Crippen LogP contribution >= 0.6 is 0 Å². The van der Waals surface area contributed by atoms with Gasteiger partial charge in [0.05, 0.1) is 0 Å². The third-order valence-electron chi connectivity index (χ3n) is 0. The summed E-state index contributed by atoms with van der Waals surface area (Å²) in [5.41, 5.74) is 0. The van der Waals surface area contributed by atoms with Crippen molar-refractivity contribution < 1.29 is 47.5 Å². The first kappa shape index (κ1) is 17.2. The Bertz CT molecular complexity index is 28.6. The van der Waals surface area contributed by atoms with Crippen LogP contribution in [0.25, 0.3) is 0 Å². The van der Waals surface area contributed by atoms with Crippen molar-refractivity contribution in [1.82, 2.24) is 0 Å². The van der Waals surface area contributed by atoms with E-state index in [0.717, 1.165) is 0 Å². The summed E-state index contributed by atoms with van der Waals surface area (Å²) in [6.07, 6.45) is 0. The summed E-state index contributed by atoms with van der Waals surface area (Å²) in [5, 5.41) is 0. The zero-order chi connectivity index (χ0) is 2.71. The van der Waals surface area contributed by atoms with Gasteiger partial charge in [-0.05, 0) is 0 Å². The summed E-state index contributed by atoms with van der Waals surface area (Å²) in [6, 6.07) is 0. The predicted molar refractivity (Wildman–Crippen MR) is 1.37 cm³/mol. The molecule has 0 aromatic heterocycles. The van der Waals surface area contributed by atoms with Crippen LogP contribution < -0.4 is 24.8 Å². The van der Waals surface area contributed by atoms with Crippen molar-refractivity contribution in [3.8, 4) is 0 Å². The van der Waals surface area contributed by atoms with Gasteiger partial charge in [-0.1, -0.05) is 0 Å². The van der Waals surface area contributed by atoms with Gasteiger partial charge in [0.1, 0.15) is 0 Å². The Hall–Kier alpha value is 0.712. The summed E-state index contributed by atoms with van der Waals surface area (Å²) in [7, 11) is 0. The van der Waals surface area contributed by atoms with Crippen molar-refractivity contribution >= 4 is 0 Å². The molecule has 32 valence electrons. The van der Waals surface area contributed by atoms with E-state index in [9.17, 15) is 0 Å². The third-order valence-corrected chi connectivity index (χ3v) is 0. The normalized spacial score (nSPS) is 1.60. The van der Waals surface area contributed by atoms with Crippen LogP contribution in [0.4, 0.5) is 0 Å². The van der Waals surface area contributed by atoms with E-state index in [4.69, 9.17) is 7.61 Å². The van der Waals surface area contributed by atoms with Crippen LogP contribution in [-0.2, 0) is 22.7 Å². The van der Waals surface area contributed by atoms with Crippen LogP contribution in [0, 0.1) is 0 Å². The SMILES string of the molecule is [Cl-].[Cl-].[O]=[Cr+2]=[O]. The van der Waals surface area contributed by atoms with Crippen molar-refractivity contribution in [1.29, 1.82) is 0 Å². The van der Waals surface area contributed by atoms with Crippen molar-refractivity contribution in [2.45, 2.75) is 0 Å². The molecule has 0 aromatic carbocycles. The van der Waals surface area contributed by atoms with Gasteiger partial charge in [0, 0.05) is 0 Å². The summed E-state index contributed by atoms with van der Waals surface area (Å²) in [5.74, 6) is 0. The van der Waals surface area contributed by atoms with Crippen molar-refractivity contribution in [3.05, 3.63) is 0 Å². The zero-order valence-corrected chi connectivity index (χ0v) is 4.77. The van der Waals surface area contributed by atoms with Gasteiger partial charge in [0.2, 0.25) is 0 Å². The summed E-state index contributed by atoms with van der Waals surface area (Å²) in [4.78, 5) is 0. The second-order valence-corrected chi connectivity index (χ2v) is 0.281. The van der Waals surface area contributed by atoms with E-state index in [1.165, 1.54) is 0 Å². The van der Waals surface area contributed by atoms with Crippen LogP contribution in [0.1, 0.15) is 0 Å². The Morgan fingerprint density at radius 1 is 1.00 bits per heavy atom. The molecule has 0 N–H and O–H groups in total. The molecule has 0 aromatic rings. The fourth-order valence-corrected chi connectivity index (χ4v) is 0. The summed E-state index contributed by atoms with van der Waals surface area (Å²) in [6.45, 7) is 0. The monoisotopic (exact) mass is 154 g/mol. The van der Waals surface area contributed by atoms with Gasteiger partial charge < -0.3 is 24.8 Å². The van der Waals surface area contributed by atoms with E-state index in [1.54, 1.807) is 0 Å². The number of halogens is 2. The number of hydrogen-bond donors (Lipinski definition) is 0. The molecule has 0 amide bonds. The van der Waals surface area contributed by atoms with Gasteiger partial charge in [-0.2, -0.15) is 0 Å². The van der Waals surface area contributed by atoms with E-state index >= 15 is 0 Å². The van der Waals surface area contributed by atoms with Gasteiger partial charge in [-0.15, -0.1) is 0 Å². The molecule has 5 heteroatoms. The number of rotatable bonds is 0. The van der Waals surface area contributed by atoms with Crippen LogP contribution in [0.5, 0.6) is 0 Å². The Morgan fingerprint density at radius 2 is 1.00 bits per heavy atom. The average molecular weight is 155 g/mol. The molecule has 0 radical (unpaired) electrons. The van der Waals surface area contributed by atoms with E-state index < -0.39 is 15.1 Å². The second-order valence-electron chi connectivity index (χ2n) is 0.0680. The van der Waals surface area contributed by atoms with Gasteiger partial charge in [-0.25, -0.2) is 0 Å². The molecule has 0 saturated carbocycles. The molecule has 5 heavy (non-hydrogen) atoms. The number of hydrogen-bond acceptors (Lipinski definition) is 2. The van der Waals surface area contributed by atoms with Crippen molar-refractivity contribution in [2.24, 2.45) is 0 Å². The standard InChI is InChI=1S/2ClH.Cr.2O/h2*1H;;;/q;;+2;;/p-2. The first-order chi connectivity index (χ1) is 1.41. The summed E-state index contributed by atoms with van der Waals surface area (Å²) >= 11 is -1.62. The maximum atomic E-state index is 8.44. The predicted octanol–water partition coefficient (Wildman–Crippen LogP) is -6.23. The maximum absolute atomic E-state index is 8.44. The Labute approximate surface area is 47.9 Å². The van der Waals surface area contributed by atoms with Crippen LogP contribution in [-0.4, -0.2) is 0 Å². The molecule has 0 aliphatic rings. The zero-order valence-electron chi connectivity index (χ0n) is 1.98. The van der Waals surface area contributed by atoms with Crippen molar-refractivity contribution in [2.75, 3.05) is 0 Å². The first-order valence-corrected chi connectivity index (χ1v) is 1.37.